The van der Waals surface area contributed by atoms with E-state index in [2.05, 4.69) is 25.2 Å². The second-order valence-electron chi connectivity index (χ2n) is 6.53. The van der Waals surface area contributed by atoms with Crippen LogP contribution in [0.3, 0.4) is 0 Å². The molecule has 1 unspecified atom stereocenters. The lowest BCUT2D eigenvalue weighted by atomic mass is 9.96. The van der Waals surface area contributed by atoms with E-state index in [0.717, 1.165) is 25.1 Å². The van der Waals surface area contributed by atoms with Gasteiger partial charge in [0.2, 0.25) is 5.91 Å². The maximum Gasteiger partial charge on any atom is 0.302 e. The van der Waals surface area contributed by atoms with Gasteiger partial charge in [0.15, 0.2) is 5.78 Å². The van der Waals surface area contributed by atoms with Crippen LogP contribution in [0.25, 0.3) is 0 Å². The molecule has 1 amide bonds. The molecule has 0 bridgehead atoms. The van der Waals surface area contributed by atoms with Gasteiger partial charge in [0.05, 0.1) is 13.2 Å². The van der Waals surface area contributed by atoms with Crippen molar-refractivity contribution in [2.45, 2.75) is 79.2 Å². The Morgan fingerprint density at radius 1 is 1.15 bits per heavy atom. The summed E-state index contributed by atoms with van der Waals surface area (Å²) in [5.41, 5.74) is 6.48. The highest BCUT2D eigenvalue weighted by Gasteiger charge is 2.29. The zero-order chi connectivity index (χ0) is 20.7. The number of methoxy groups -OCH3 is 1. The summed E-state index contributed by atoms with van der Waals surface area (Å²) in [5, 5.41) is 0. The van der Waals surface area contributed by atoms with Gasteiger partial charge >= 0.3 is 5.97 Å². The van der Waals surface area contributed by atoms with Gasteiger partial charge in [0.25, 0.3) is 0 Å². The highest BCUT2D eigenvalue weighted by molar-refractivity contribution is 5.87. The number of hydrogen-bond donors (Lipinski definition) is 1. The molecular formula is C20H38N2O4. The van der Waals surface area contributed by atoms with Gasteiger partial charge in [-0.15, -0.1) is 0 Å². The lowest BCUT2D eigenvalue weighted by Crippen LogP contribution is -2.37. The normalized spacial score (nSPS) is 15.3. The molecule has 6 nitrogen and oxygen atoms in total. The van der Waals surface area contributed by atoms with Crippen molar-refractivity contribution in [1.29, 1.82) is 0 Å². The van der Waals surface area contributed by atoms with Gasteiger partial charge in [0.1, 0.15) is 0 Å². The van der Waals surface area contributed by atoms with Gasteiger partial charge < -0.3 is 15.4 Å². The molecule has 0 aromatic heterocycles. The van der Waals surface area contributed by atoms with Crippen molar-refractivity contribution >= 4 is 17.7 Å². The zero-order valence-electron chi connectivity index (χ0n) is 17.5. The van der Waals surface area contributed by atoms with E-state index in [-0.39, 0.29) is 23.7 Å². The summed E-state index contributed by atoms with van der Waals surface area (Å²) in [5.74, 6) is 0.445. The monoisotopic (exact) mass is 370 g/mol. The fourth-order valence-corrected chi connectivity index (χ4v) is 2.78. The molecule has 1 fully saturated rings. The van der Waals surface area contributed by atoms with Crippen molar-refractivity contribution in [2.24, 2.45) is 11.7 Å². The lowest BCUT2D eigenvalue weighted by molar-refractivity contribution is -0.138. The summed E-state index contributed by atoms with van der Waals surface area (Å²) in [6.07, 6.45) is 6.62. The first kappa shape index (κ1) is 26.4. The molecule has 1 atom stereocenters. The number of ketones is 1. The number of allylic oxidation sites excluding steroid dienone is 1. The molecule has 0 aliphatic carbocycles. The molecule has 1 saturated heterocycles. The molecule has 1 aliphatic rings. The molecule has 1 rings (SSSR count). The Morgan fingerprint density at radius 2 is 1.62 bits per heavy atom. The number of ether oxygens (including phenoxy) is 1. The Labute approximate surface area is 159 Å². The molecule has 0 aromatic rings. The minimum Gasteiger partial charge on any atom is -0.469 e. The van der Waals surface area contributed by atoms with E-state index in [1.54, 1.807) is 11.8 Å². The second-order valence-corrected chi connectivity index (χ2v) is 6.53. The maximum absolute atomic E-state index is 11.0. The van der Waals surface area contributed by atoms with Gasteiger partial charge in [-0.25, -0.2) is 0 Å². The van der Waals surface area contributed by atoms with Crippen molar-refractivity contribution in [3.05, 3.63) is 12.3 Å². The lowest BCUT2D eigenvalue weighted by Gasteiger charge is -2.20. The quantitative estimate of drug-likeness (QED) is 0.723. The summed E-state index contributed by atoms with van der Waals surface area (Å²) in [6, 6.07) is -0.132. The number of esters is 1. The number of likely N-dealkylation sites (tertiary alicyclic amines) is 1. The zero-order valence-corrected chi connectivity index (χ0v) is 17.5. The van der Waals surface area contributed by atoms with E-state index in [0.29, 0.717) is 5.92 Å². The van der Waals surface area contributed by atoms with Gasteiger partial charge in [-0.2, -0.15) is 0 Å². The number of Topliss-reactive ketones (excluding diaryl/α,β-unsaturated/α-hetero) is 1. The van der Waals surface area contributed by atoms with E-state index in [1.165, 1.54) is 46.6 Å². The largest absolute Gasteiger partial charge is 0.469 e. The third-order valence-electron chi connectivity index (χ3n) is 4.21. The van der Waals surface area contributed by atoms with Crippen molar-refractivity contribution in [3.63, 3.8) is 0 Å². The summed E-state index contributed by atoms with van der Waals surface area (Å²) >= 11 is 0. The first-order chi connectivity index (χ1) is 12.1. The van der Waals surface area contributed by atoms with Crippen molar-refractivity contribution < 1.29 is 19.1 Å². The second kappa shape index (κ2) is 15.4. The van der Waals surface area contributed by atoms with Crippen LogP contribution < -0.4 is 5.73 Å². The van der Waals surface area contributed by atoms with Crippen LogP contribution in [0.4, 0.5) is 0 Å². The van der Waals surface area contributed by atoms with Crippen LogP contribution in [0, 0.1) is 5.92 Å². The van der Waals surface area contributed by atoms with Crippen LogP contribution in [0.5, 0.6) is 0 Å². The molecule has 0 radical (unpaired) electrons. The number of nitrogens with two attached hydrogens (primary N) is 1. The summed E-state index contributed by atoms with van der Waals surface area (Å²) in [7, 11) is 1.35. The van der Waals surface area contributed by atoms with Crippen LogP contribution in [0.15, 0.2) is 12.3 Å². The Balaban J connectivity index is 0. The molecular weight excluding hydrogens is 332 g/mol. The first-order valence-electron chi connectivity index (χ1n) is 9.38. The van der Waals surface area contributed by atoms with Crippen LogP contribution in [0.2, 0.25) is 0 Å². The Kier molecular flexibility index (Phi) is 15.6. The number of rotatable bonds is 6. The van der Waals surface area contributed by atoms with E-state index in [1.807, 2.05) is 0 Å². The Hall–Kier alpha value is -1.85. The number of carbonyl (C=O) groups excluding carboxylic acids is 3. The first-order valence-corrected chi connectivity index (χ1v) is 9.38. The number of nitrogens with zero attached hydrogens (tertiary/aromatic N) is 1. The molecule has 0 saturated carbocycles. The Bertz CT molecular complexity index is 423. The minimum absolute atomic E-state index is 0.0164. The highest BCUT2D eigenvalue weighted by Crippen LogP contribution is 2.18. The predicted octanol–water partition coefficient (Wildman–Crippen LogP) is 3.44. The molecule has 0 aromatic carbocycles. The molecule has 26 heavy (non-hydrogen) atoms. The molecule has 152 valence electrons. The van der Waals surface area contributed by atoms with Crippen LogP contribution >= 0.6 is 0 Å². The number of hydrogen-bond acceptors (Lipinski definition) is 5. The standard InChI is InChI=1S/C9H19N.C8H13NO2.C3H6O2/c1-4-6-9(7-5-2)8(3)10;1-6(10)8-4-3-5-9(8)7(2)11;1-3(4)5-2/h9H,3-7,10H2,1-2H3;8H,3-5H2,1-2H3;1-2H3. The fourth-order valence-electron chi connectivity index (χ4n) is 2.78. The van der Waals surface area contributed by atoms with Crippen molar-refractivity contribution in [3.8, 4) is 0 Å². The van der Waals surface area contributed by atoms with Crippen molar-refractivity contribution in [1.82, 2.24) is 4.90 Å². The predicted molar refractivity (Wildman–Crippen MR) is 105 cm³/mol. The van der Waals surface area contributed by atoms with Crippen LogP contribution in [-0.2, 0) is 19.1 Å². The van der Waals surface area contributed by atoms with Gasteiger partial charge in [-0.05, 0) is 38.5 Å². The Morgan fingerprint density at radius 3 is 1.85 bits per heavy atom. The molecule has 2 N–H and O–H groups in total. The number of carbonyl (C=O) groups is 3. The molecule has 1 heterocycles. The van der Waals surface area contributed by atoms with Gasteiger partial charge in [-0.3, -0.25) is 14.4 Å². The summed E-state index contributed by atoms with van der Waals surface area (Å²) in [4.78, 5) is 33.1. The topological polar surface area (TPSA) is 89.7 Å². The average Bonchev–Trinajstić information content (AvgIpc) is 3.06. The molecule has 0 spiro atoms. The average molecular weight is 371 g/mol. The van der Waals surface area contributed by atoms with Crippen LogP contribution in [0.1, 0.15) is 73.1 Å². The van der Waals surface area contributed by atoms with E-state index >= 15 is 0 Å². The third kappa shape index (κ3) is 12.5. The number of amides is 1. The maximum atomic E-state index is 11.0. The van der Waals surface area contributed by atoms with Crippen molar-refractivity contribution in [2.75, 3.05) is 13.7 Å². The van der Waals surface area contributed by atoms with E-state index in [9.17, 15) is 14.4 Å². The van der Waals surface area contributed by atoms with Crippen LogP contribution in [-0.4, -0.2) is 42.3 Å². The van der Waals surface area contributed by atoms with E-state index in [4.69, 9.17) is 5.73 Å². The molecule has 1 aliphatic heterocycles. The SMILES string of the molecule is C=C(N)C(CCC)CCC.CC(=O)C1CCCN1C(C)=O.COC(C)=O. The van der Waals surface area contributed by atoms with Gasteiger partial charge in [0, 0.05) is 26.1 Å². The minimum atomic E-state index is -0.245. The smallest absolute Gasteiger partial charge is 0.302 e. The summed E-state index contributed by atoms with van der Waals surface area (Å²) < 4.78 is 4.11. The fraction of sp³-hybridized carbons (Fsp3) is 0.750. The molecule has 6 heteroatoms. The third-order valence-corrected chi connectivity index (χ3v) is 4.21. The van der Waals surface area contributed by atoms with Gasteiger partial charge in [-0.1, -0.05) is 33.3 Å². The highest BCUT2D eigenvalue weighted by atomic mass is 16.5. The summed E-state index contributed by atoms with van der Waals surface area (Å²) in [6.45, 7) is 13.3. The van der Waals surface area contributed by atoms with E-state index < -0.39 is 0 Å².